The van der Waals surface area contributed by atoms with Crippen LogP contribution in [-0.4, -0.2) is 4.92 Å². The van der Waals surface area contributed by atoms with Crippen molar-refractivity contribution in [2.45, 2.75) is 0 Å². The van der Waals surface area contributed by atoms with Gasteiger partial charge in [0.1, 0.15) is 5.82 Å². The number of rotatable bonds is 1. The normalized spacial score (nSPS) is 10.2. The number of nitro benzene ring substituents is 1. The van der Waals surface area contributed by atoms with Crippen molar-refractivity contribution in [1.29, 1.82) is 0 Å². The van der Waals surface area contributed by atoms with Crippen LogP contribution in [0.3, 0.4) is 0 Å². The van der Waals surface area contributed by atoms with E-state index in [0.29, 0.717) is 6.07 Å². The molecule has 0 saturated heterocycles. The fourth-order valence-electron chi connectivity index (χ4n) is 0.693. The average Bonchev–Trinajstić information content (AvgIpc) is 2.07. The summed E-state index contributed by atoms with van der Waals surface area (Å²) in [5.74, 6) is -1.99. The fraction of sp³-hybridized carbons (Fsp3) is 0. The Balaban J connectivity index is 3.50. The van der Waals surface area contributed by atoms with E-state index in [1.54, 1.807) is 0 Å². The minimum atomic E-state index is -1.10. The summed E-state index contributed by atoms with van der Waals surface area (Å²) in [4.78, 5) is 9.21. The highest BCUT2D eigenvalue weighted by Gasteiger charge is 2.22. The lowest BCUT2D eigenvalue weighted by atomic mass is 10.3. The molecule has 0 aliphatic rings. The van der Waals surface area contributed by atoms with E-state index in [9.17, 15) is 18.9 Å². The third-order valence-electron chi connectivity index (χ3n) is 1.28. The molecule has 0 unspecified atom stereocenters. The van der Waals surface area contributed by atoms with Gasteiger partial charge in [-0.05, 0) is 31.9 Å². The highest BCUT2D eigenvalue weighted by atomic mass is 79.9. The monoisotopic (exact) mass is 315 g/mol. The predicted molar refractivity (Wildman–Crippen MR) is 48.4 cm³/mol. The van der Waals surface area contributed by atoms with Crippen LogP contribution < -0.4 is 0 Å². The maximum atomic E-state index is 13.0. The van der Waals surface area contributed by atoms with Gasteiger partial charge in [0, 0.05) is 0 Å². The Kier molecular flexibility index (Phi) is 2.97. The smallest absolute Gasteiger partial charge is 0.258 e. The molecule has 3 nitrogen and oxygen atoms in total. The largest absolute Gasteiger partial charge is 0.308 e. The van der Waals surface area contributed by atoms with Gasteiger partial charge >= 0.3 is 5.69 Å². The van der Waals surface area contributed by atoms with Gasteiger partial charge in [0.2, 0.25) is 5.82 Å². The van der Waals surface area contributed by atoms with E-state index in [-0.39, 0.29) is 8.95 Å². The quantitative estimate of drug-likeness (QED) is 0.345. The Morgan fingerprint density at radius 1 is 1.31 bits per heavy atom. The first-order chi connectivity index (χ1) is 5.95. The number of halogens is 4. The Hall–Kier alpha value is -0.560. The summed E-state index contributed by atoms with van der Waals surface area (Å²) in [6.45, 7) is 0. The molecule has 0 fully saturated rings. The molecule has 0 aliphatic heterocycles. The van der Waals surface area contributed by atoms with Crippen molar-refractivity contribution in [2.75, 3.05) is 0 Å². The standard InChI is InChI=1S/C6HBr2F2NO2/c7-4-2(9)1-3(11(12)13)6(10)5(4)8/h1H. The van der Waals surface area contributed by atoms with E-state index >= 15 is 0 Å². The molecule has 70 valence electrons. The zero-order chi connectivity index (χ0) is 10.2. The van der Waals surface area contributed by atoms with Crippen molar-refractivity contribution in [3.05, 3.63) is 36.8 Å². The van der Waals surface area contributed by atoms with Gasteiger partial charge in [0.05, 0.1) is 19.9 Å². The molecule has 13 heavy (non-hydrogen) atoms. The first-order valence-electron chi connectivity index (χ1n) is 2.92. The van der Waals surface area contributed by atoms with Crippen LogP contribution in [0.25, 0.3) is 0 Å². The van der Waals surface area contributed by atoms with Crippen LogP contribution in [0.1, 0.15) is 0 Å². The molecule has 0 saturated carbocycles. The molecule has 1 aromatic rings. The average molecular weight is 317 g/mol. The zero-order valence-corrected chi connectivity index (χ0v) is 9.02. The summed E-state index contributed by atoms with van der Waals surface area (Å²) in [6, 6.07) is 0.518. The van der Waals surface area contributed by atoms with Crippen molar-refractivity contribution in [1.82, 2.24) is 0 Å². The highest BCUT2D eigenvalue weighted by Crippen LogP contribution is 2.34. The summed E-state index contributed by atoms with van der Waals surface area (Å²) >= 11 is 5.41. The Morgan fingerprint density at radius 2 is 1.85 bits per heavy atom. The summed E-state index contributed by atoms with van der Waals surface area (Å²) < 4.78 is 25.4. The minimum Gasteiger partial charge on any atom is -0.258 e. The van der Waals surface area contributed by atoms with Crippen LogP contribution in [0.2, 0.25) is 0 Å². The highest BCUT2D eigenvalue weighted by molar-refractivity contribution is 9.13. The molecule has 0 atom stereocenters. The second-order valence-electron chi connectivity index (χ2n) is 2.08. The molecule has 0 spiro atoms. The van der Waals surface area contributed by atoms with Crippen molar-refractivity contribution >= 4 is 37.5 Å². The fourth-order valence-corrected chi connectivity index (χ4v) is 1.37. The van der Waals surface area contributed by atoms with E-state index in [4.69, 9.17) is 0 Å². The molecule has 0 aliphatic carbocycles. The number of hydrogen-bond acceptors (Lipinski definition) is 2. The van der Waals surface area contributed by atoms with Crippen LogP contribution in [0.4, 0.5) is 14.5 Å². The Bertz CT molecular complexity index is 383. The summed E-state index contributed by atoms with van der Waals surface area (Å²) in [5, 5.41) is 10.2. The minimum absolute atomic E-state index is 0.171. The Labute approximate surface area is 88.2 Å². The van der Waals surface area contributed by atoms with Gasteiger partial charge in [0.15, 0.2) is 0 Å². The van der Waals surface area contributed by atoms with Gasteiger partial charge in [0.25, 0.3) is 0 Å². The summed E-state index contributed by atoms with van der Waals surface area (Å²) in [7, 11) is 0. The van der Waals surface area contributed by atoms with Crippen molar-refractivity contribution in [3.63, 3.8) is 0 Å². The zero-order valence-electron chi connectivity index (χ0n) is 5.85. The lowest BCUT2D eigenvalue weighted by Crippen LogP contribution is -1.96. The number of nitrogens with zero attached hydrogens (tertiary/aromatic N) is 1. The van der Waals surface area contributed by atoms with Gasteiger partial charge in [-0.3, -0.25) is 10.1 Å². The second-order valence-corrected chi connectivity index (χ2v) is 3.66. The first-order valence-corrected chi connectivity index (χ1v) is 4.51. The second kappa shape index (κ2) is 3.67. The van der Waals surface area contributed by atoms with E-state index in [2.05, 4.69) is 31.9 Å². The van der Waals surface area contributed by atoms with Gasteiger partial charge in [-0.15, -0.1) is 0 Å². The van der Waals surface area contributed by atoms with E-state index < -0.39 is 22.2 Å². The van der Waals surface area contributed by atoms with Gasteiger partial charge in [-0.2, -0.15) is 4.39 Å². The number of benzene rings is 1. The number of hydrogen-bond donors (Lipinski definition) is 0. The molecule has 0 amide bonds. The van der Waals surface area contributed by atoms with Crippen molar-refractivity contribution in [3.8, 4) is 0 Å². The van der Waals surface area contributed by atoms with Gasteiger partial charge in [-0.25, -0.2) is 4.39 Å². The van der Waals surface area contributed by atoms with Gasteiger partial charge in [-0.1, -0.05) is 0 Å². The third kappa shape index (κ3) is 1.86. The first kappa shape index (κ1) is 10.5. The maximum absolute atomic E-state index is 13.0. The SMILES string of the molecule is O=[N+]([O-])c1cc(F)c(Br)c(Br)c1F. The van der Waals surface area contributed by atoms with Crippen LogP contribution in [0.5, 0.6) is 0 Å². The number of nitro groups is 1. The van der Waals surface area contributed by atoms with Crippen molar-refractivity contribution < 1.29 is 13.7 Å². The van der Waals surface area contributed by atoms with Crippen LogP contribution in [0.15, 0.2) is 15.0 Å². The van der Waals surface area contributed by atoms with E-state index in [1.165, 1.54) is 0 Å². The third-order valence-corrected chi connectivity index (χ3v) is 3.33. The molecule has 0 aromatic heterocycles. The lowest BCUT2D eigenvalue weighted by Gasteiger charge is -2.00. The van der Waals surface area contributed by atoms with Crippen LogP contribution in [-0.2, 0) is 0 Å². The Morgan fingerprint density at radius 3 is 2.31 bits per heavy atom. The summed E-state index contributed by atoms with van der Waals surface area (Å²) in [5.41, 5.74) is -0.896. The molecule has 7 heteroatoms. The van der Waals surface area contributed by atoms with Gasteiger partial charge < -0.3 is 0 Å². The molecule has 0 radical (unpaired) electrons. The van der Waals surface area contributed by atoms with E-state index in [0.717, 1.165) is 0 Å². The van der Waals surface area contributed by atoms with Crippen LogP contribution in [0, 0.1) is 21.7 Å². The molecule has 0 heterocycles. The van der Waals surface area contributed by atoms with E-state index in [1.807, 2.05) is 0 Å². The predicted octanol–water partition coefficient (Wildman–Crippen LogP) is 3.40. The molecule has 1 aromatic carbocycles. The molecule has 1 rings (SSSR count). The van der Waals surface area contributed by atoms with Crippen LogP contribution >= 0.6 is 31.9 Å². The van der Waals surface area contributed by atoms with Crippen molar-refractivity contribution in [2.24, 2.45) is 0 Å². The molecular weight excluding hydrogens is 316 g/mol. The maximum Gasteiger partial charge on any atom is 0.308 e. The topological polar surface area (TPSA) is 43.1 Å². The lowest BCUT2D eigenvalue weighted by molar-refractivity contribution is -0.387. The molecule has 0 bridgehead atoms. The molecule has 0 N–H and O–H groups in total. The molecular formula is C6HBr2F2NO2. The summed E-state index contributed by atoms with van der Waals surface area (Å²) in [6.07, 6.45) is 0.